The van der Waals surface area contributed by atoms with E-state index in [2.05, 4.69) is 10.6 Å². The van der Waals surface area contributed by atoms with Gasteiger partial charge in [-0.2, -0.15) is 13.2 Å². The van der Waals surface area contributed by atoms with Gasteiger partial charge in [0.15, 0.2) is 0 Å². The van der Waals surface area contributed by atoms with Crippen molar-refractivity contribution in [2.45, 2.75) is 20.0 Å². The van der Waals surface area contributed by atoms with E-state index in [1.165, 1.54) is 14.0 Å². The molecule has 0 spiro atoms. The quantitative estimate of drug-likeness (QED) is 0.881. The minimum Gasteiger partial charge on any atom is -0.355 e. The Labute approximate surface area is 143 Å². The Morgan fingerprint density at radius 2 is 1.60 bits per heavy atom. The van der Waals surface area contributed by atoms with Crippen LogP contribution in [-0.4, -0.2) is 18.9 Å². The van der Waals surface area contributed by atoms with E-state index >= 15 is 0 Å². The van der Waals surface area contributed by atoms with Gasteiger partial charge in [0.05, 0.1) is 16.8 Å². The number of halogens is 3. The van der Waals surface area contributed by atoms with Gasteiger partial charge in [-0.25, -0.2) is 0 Å². The number of carbonyl (C=O) groups is 2. The Bertz CT molecular complexity index is 830. The van der Waals surface area contributed by atoms with E-state index in [0.717, 1.165) is 18.2 Å². The standard InChI is InChI=1S/C18H17F3N2O2/c1-10-5-4-6-14(16(24)22-3)15(10)23-17(25)13-8-7-12(9-11(13)2)18(19,20)21/h4-9H,1-3H3,(H,22,24)(H,23,25). The van der Waals surface area contributed by atoms with Gasteiger partial charge in [0.2, 0.25) is 0 Å². The molecule has 0 bridgehead atoms. The monoisotopic (exact) mass is 350 g/mol. The van der Waals surface area contributed by atoms with Gasteiger partial charge in [0.1, 0.15) is 0 Å². The van der Waals surface area contributed by atoms with Crippen molar-refractivity contribution in [3.63, 3.8) is 0 Å². The molecule has 0 aliphatic carbocycles. The molecule has 0 aromatic heterocycles. The highest BCUT2D eigenvalue weighted by atomic mass is 19.4. The first-order valence-electron chi connectivity index (χ1n) is 7.46. The molecule has 2 rings (SSSR count). The smallest absolute Gasteiger partial charge is 0.355 e. The highest BCUT2D eigenvalue weighted by Crippen LogP contribution is 2.31. The Balaban J connectivity index is 2.37. The first kappa shape index (κ1) is 18.5. The molecule has 25 heavy (non-hydrogen) atoms. The van der Waals surface area contributed by atoms with E-state index in [9.17, 15) is 22.8 Å². The van der Waals surface area contributed by atoms with Crippen LogP contribution in [0.2, 0.25) is 0 Å². The van der Waals surface area contributed by atoms with E-state index in [1.54, 1.807) is 25.1 Å². The molecule has 2 aromatic carbocycles. The summed E-state index contributed by atoms with van der Waals surface area (Å²) in [4.78, 5) is 24.4. The molecule has 0 saturated heterocycles. The summed E-state index contributed by atoms with van der Waals surface area (Å²) in [6.45, 7) is 3.16. The van der Waals surface area contributed by atoms with Crippen LogP contribution in [0.3, 0.4) is 0 Å². The third kappa shape index (κ3) is 3.99. The van der Waals surface area contributed by atoms with Gasteiger partial charge in [-0.05, 0) is 49.2 Å². The molecule has 0 atom stereocenters. The fourth-order valence-corrected chi connectivity index (χ4v) is 2.43. The van der Waals surface area contributed by atoms with Crippen molar-refractivity contribution >= 4 is 17.5 Å². The van der Waals surface area contributed by atoms with Crippen molar-refractivity contribution in [2.24, 2.45) is 0 Å². The highest BCUT2D eigenvalue weighted by molar-refractivity contribution is 6.10. The first-order valence-corrected chi connectivity index (χ1v) is 7.46. The molecule has 4 nitrogen and oxygen atoms in total. The second kappa shape index (κ2) is 6.96. The third-order valence-corrected chi connectivity index (χ3v) is 3.78. The van der Waals surface area contributed by atoms with Crippen LogP contribution in [0.5, 0.6) is 0 Å². The maximum atomic E-state index is 12.7. The van der Waals surface area contributed by atoms with Gasteiger partial charge in [-0.15, -0.1) is 0 Å². The fraction of sp³-hybridized carbons (Fsp3) is 0.222. The second-order valence-electron chi connectivity index (χ2n) is 5.56. The molecule has 0 heterocycles. The number of para-hydroxylation sites is 1. The summed E-state index contributed by atoms with van der Waals surface area (Å²) in [6, 6.07) is 7.87. The van der Waals surface area contributed by atoms with Gasteiger partial charge < -0.3 is 10.6 Å². The average molecular weight is 350 g/mol. The zero-order valence-corrected chi connectivity index (χ0v) is 13.9. The molecular weight excluding hydrogens is 333 g/mol. The number of aryl methyl sites for hydroxylation is 2. The molecule has 0 radical (unpaired) electrons. The maximum Gasteiger partial charge on any atom is 0.416 e. The summed E-state index contributed by atoms with van der Waals surface area (Å²) in [5.41, 5.74) is 0.760. The zero-order valence-electron chi connectivity index (χ0n) is 13.9. The minimum atomic E-state index is -4.47. The van der Waals surface area contributed by atoms with Crippen LogP contribution in [-0.2, 0) is 6.18 Å². The summed E-state index contributed by atoms with van der Waals surface area (Å²) in [6.07, 6.45) is -4.47. The molecular formula is C18H17F3N2O2. The molecule has 2 amide bonds. The summed E-state index contributed by atoms with van der Waals surface area (Å²) in [5, 5.41) is 5.11. The van der Waals surface area contributed by atoms with Crippen LogP contribution >= 0.6 is 0 Å². The van der Waals surface area contributed by atoms with Crippen LogP contribution in [0.4, 0.5) is 18.9 Å². The van der Waals surface area contributed by atoms with E-state index in [4.69, 9.17) is 0 Å². The van der Waals surface area contributed by atoms with Crippen molar-refractivity contribution < 1.29 is 22.8 Å². The van der Waals surface area contributed by atoms with Crippen molar-refractivity contribution in [2.75, 3.05) is 12.4 Å². The van der Waals surface area contributed by atoms with Crippen LogP contribution < -0.4 is 10.6 Å². The van der Waals surface area contributed by atoms with E-state index in [0.29, 0.717) is 11.3 Å². The lowest BCUT2D eigenvalue weighted by Crippen LogP contribution is -2.22. The predicted octanol–water partition coefficient (Wildman–Crippen LogP) is 3.93. The van der Waals surface area contributed by atoms with Gasteiger partial charge in [0, 0.05) is 12.6 Å². The molecule has 0 saturated carbocycles. The predicted molar refractivity (Wildman–Crippen MR) is 88.7 cm³/mol. The third-order valence-electron chi connectivity index (χ3n) is 3.78. The number of carbonyl (C=O) groups excluding carboxylic acids is 2. The lowest BCUT2D eigenvalue weighted by atomic mass is 10.0. The summed E-state index contributed by atoms with van der Waals surface area (Å²) >= 11 is 0. The van der Waals surface area contributed by atoms with Gasteiger partial charge in [-0.1, -0.05) is 12.1 Å². The number of benzene rings is 2. The Morgan fingerprint density at radius 1 is 0.920 bits per heavy atom. The molecule has 2 N–H and O–H groups in total. The number of hydrogen-bond acceptors (Lipinski definition) is 2. The normalized spacial score (nSPS) is 11.1. The Kier molecular flexibility index (Phi) is 5.15. The van der Waals surface area contributed by atoms with Crippen LogP contribution in [0.25, 0.3) is 0 Å². The lowest BCUT2D eigenvalue weighted by molar-refractivity contribution is -0.137. The van der Waals surface area contributed by atoms with Crippen LogP contribution in [0.15, 0.2) is 36.4 Å². The molecule has 7 heteroatoms. The number of anilines is 1. The number of rotatable bonds is 3. The highest BCUT2D eigenvalue weighted by Gasteiger charge is 2.31. The van der Waals surface area contributed by atoms with Gasteiger partial charge in [0.25, 0.3) is 11.8 Å². The van der Waals surface area contributed by atoms with Crippen molar-refractivity contribution in [3.05, 3.63) is 64.2 Å². The molecule has 2 aromatic rings. The van der Waals surface area contributed by atoms with Crippen molar-refractivity contribution in [1.82, 2.24) is 5.32 Å². The number of alkyl halides is 3. The summed E-state index contributed by atoms with van der Waals surface area (Å²) in [5.74, 6) is -0.950. The lowest BCUT2D eigenvalue weighted by Gasteiger charge is -2.15. The maximum absolute atomic E-state index is 12.7. The topological polar surface area (TPSA) is 58.2 Å². The number of amides is 2. The van der Waals surface area contributed by atoms with E-state index < -0.39 is 17.6 Å². The molecule has 132 valence electrons. The SMILES string of the molecule is CNC(=O)c1cccc(C)c1NC(=O)c1ccc(C(F)(F)F)cc1C. The van der Waals surface area contributed by atoms with E-state index in [-0.39, 0.29) is 22.6 Å². The van der Waals surface area contributed by atoms with Crippen molar-refractivity contribution in [1.29, 1.82) is 0 Å². The summed E-state index contributed by atoms with van der Waals surface area (Å²) < 4.78 is 38.2. The fourth-order valence-electron chi connectivity index (χ4n) is 2.43. The van der Waals surface area contributed by atoms with Gasteiger partial charge in [-0.3, -0.25) is 9.59 Å². The average Bonchev–Trinajstić information content (AvgIpc) is 2.54. The van der Waals surface area contributed by atoms with Crippen molar-refractivity contribution in [3.8, 4) is 0 Å². The molecule has 0 aliphatic heterocycles. The number of nitrogens with one attached hydrogen (secondary N) is 2. The summed E-state index contributed by atoms with van der Waals surface area (Å²) in [7, 11) is 1.47. The van der Waals surface area contributed by atoms with Gasteiger partial charge >= 0.3 is 6.18 Å². The molecule has 0 aliphatic rings. The second-order valence-corrected chi connectivity index (χ2v) is 5.56. The largest absolute Gasteiger partial charge is 0.416 e. The van der Waals surface area contributed by atoms with Crippen LogP contribution in [0, 0.1) is 13.8 Å². The Hall–Kier alpha value is -2.83. The van der Waals surface area contributed by atoms with Crippen LogP contribution in [0.1, 0.15) is 37.4 Å². The number of hydrogen-bond donors (Lipinski definition) is 2. The molecule has 0 unspecified atom stereocenters. The molecule has 0 fully saturated rings. The Morgan fingerprint density at radius 3 is 2.16 bits per heavy atom. The first-order chi connectivity index (χ1) is 11.6. The van der Waals surface area contributed by atoms with E-state index in [1.807, 2.05) is 0 Å². The zero-order chi connectivity index (χ0) is 18.8. The minimum absolute atomic E-state index is 0.110.